The number of nitrogens with zero attached hydrogens (tertiary/aromatic N) is 2. The molecule has 34 heavy (non-hydrogen) atoms. The fraction of sp³-hybridized carbons (Fsp3) is 0.417. The van der Waals surface area contributed by atoms with Gasteiger partial charge < -0.3 is 15.5 Å². The standard InChI is InChI=1S/C24H30Cl2N4O3S/c1-17-13-22(21(26)14-20(17)25)34(32,33)16-27-10-4-3-5-23(31)30(2)15-18-6-8-19(9-7-18)24-28-11-12-29-24/h6-9,13-14,27H,3-5,10-12,15-16H2,1-2H3,(H,28,29). The number of carbonyl (C=O) groups is 1. The molecule has 184 valence electrons. The Hall–Kier alpha value is -2.13. The van der Waals surface area contributed by atoms with Crippen LogP contribution in [0.15, 0.2) is 46.3 Å². The van der Waals surface area contributed by atoms with Crippen molar-refractivity contribution in [3.05, 3.63) is 63.1 Å². The number of carbonyl (C=O) groups excluding carboxylic acids is 1. The highest BCUT2D eigenvalue weighted by Crippen LogP contribution is 2.28. The minimum atomic E-state index is -3.58. The Kier molecular flexibility index (Phi) is 9.36. The zero-order valence-electron chi connectivity index (χ0n) is 19.4. The molecule has 1 heterocycles. The molecule has 0 atom stereocenters. The quantitative estimate of drug-likeness (QED) is 0.436. The van der Waals surface area contributed by atoms with E-state index in [0.717, 1.165) is 30.1 Å². The molecule has 0 saturated heterocycles. The van der Waals surface area contributed by atoms with Crippen LogP contribution in [0.2, 0.25) is 10.0 Å². The third-order valence-electron chi connectivity index (χ3n) is 5.58. The van der Waals surface area contributed by atoms with Gasteiger partial charge in [-0.2, -0.15) is 0 Å². The maximum atomic E-state index is 12.6. The van der Waals surface area contributed by atoms with Crippen LogP contribution in [-0.2, 0) is 21.2 Å². The third kappa shape index (κ3) is 7.18. The maximum absolute atomic E-state index is 12.6. The van der Waals surface area contributed by atoms with E-state index in [4.69, 9.17) is 23.2 Å². The molecule has 0 spiro atoms. The van der Waals surface area contributed by atoms with E-state index in [1.54, 1.807) is 18.9 Å². The average Bonchev–Trinajstić information content (AvgIpc) is 3.33. The normalized spacial score (nSPS) is 13.5. The number of unbranched alkanes of at least 4 members (excludes halogenated alkanes) is 1. The fourth-order valence-corrected chi connectivity index (χ4v) is 5.61. The summed E-state index contributed by atoms with van der Waals surface area (Å²) in [5, 5.41) is 6.73. The van der Waals surface area contributed by atoms with E-state index in [1.807, 2.05) is 24.3 Å². The number of benzene rings is 2. The summed E-state index contributed by atoms with van der Waals surface area (Å²) in [6, 6.07) is 11.0. The van der Waals surface area contributed by atoms with Crippen molar-refractivity contribution in [3.63, 3.8) is 0 Å². The molecule has 1 amide bonds. The van der Waals surface area contributed by atoms with Crippen LogP contribution in [-0.4, -0.2) is 57.6 Å². The van der Waals surface area contributed by atoms with E-state index in [2.05, 4.69) is 15.6 Å². The fourth-order valence-electron chi connectivity index (χ4n) is 3.59. The van der Waals surface area contributed by atoms with E-state index < -0.39 is 9.84 Å². The van der Waals surface area contributed by atoms with Crippen LogP contribution in [0.5, 0.6) is 0 Å². The summed E-state index contributed by atoms with van der Waals surface area (Å²) in [4.78, 5) is 18.6. The Morgan fingerprint density at radius 1 is 1.15 bits per heavy atom. The van der Waals surface area contributed by atoms with Gasteiger partial charge in [0, 0.05) is 37.1 Å². The molecular weight excluding hydrogens is 495 g/mol. The molecule has 2 N–H and O–H groups in total. The first-order chi connectivity index (χ1) is 16.2. The van der Waals surface area contributed by atoms with Gasteiger partial charge in [0.2, 0.25) is 5.91 Å². The summed E-state index contributed by atoms with van der Waals surface area (Å²) in [6.45, 7) is 4.43. The first-order valence-corrected chi connectivity index (χ1v) is 13.6. The SMILES string of the molecule is Cc1cc(S(=O)(=O)CNCCCCC(=O)N(C)Cc2ccc(C3=NCCN3)cc2)c(Cl)cc1Cl. The highest BCUT2D eigenvalue weighted by Gasteiger charge is 2.19. The van der Waals surface area contributed by atoms with Crippen LogP contribution in [0.3, 0.4) is 0 Å². The van der Waals surface area contributed by atoms with Crippen molar-refractivity contribution in [3.8, 4) is 0 Å². The number of nitrogens with one attached hydrogen (secondary N) is 2. The lowest BCUT2D eigenvalue weighted by atomic mass is 10.1. The number of amidine groups is 1. The van der Waals surface area contributed by atoms with Crippen LogP contribution in [0.25, 0.3) is 0 Å². The molecule has 10 heteroatoms. The summed E-state index contributed by atoms with van der Waals surface area (Å²) in [5.41, 5.74) is 2.77. The predicted molar refractivity (Wildman–Crippen MR) is 137 cm³/mol. The van der Waals surface area contributed by atoms with Gasteiger partial charge in [-0.25, -0.2) is 8.42 Å². The predicted octanol–water partition coefficient (Wildman–Crippen LogP) is 3.80. The van der Waals surface area contributed by atoms with Gasteiger partial charge in [0.1, 0.15) is 11.7 Å². The molecule has 3 rings (SSSR count). The van der Waals surface area contributed by atoms with Crippen molar-refractivity contribution in [2.24, 2.45) is 4.99 Å². The molecular formula is C24H30Cl2N4O3S. The first-order valence-electron chi connectivity index (χ1n) is 11.2. The minimum Gasteiger partial charge on any atom is -0.368 e. The molecule has 0 aromatic heterocycles. The summed E-state index contributed by atoms with van der Waals surface area (Å²) < 4.78 is 25.1. The van der Waals surface area contributed by atoms with Crippen molar-refractivity contribution in [2.45, 2.75) is 37.6 Å². The third-order valence-corrected chi connectivity index (χ3v) is 8.01. The zero-order chi connectivity index (χ0) is 24.7. The van der Waals surface area contributed by atoms with Crippen molar-refractivity contribution >= 4 is 44.8 Å². The molecule has 7 nitrogen and oxygen atoms in total. The molecule has 0 saturated carbocycles. The van der Waals surface area contributed by atoms with Gasteiger partial charge in [-0.15, -0.1) is 0 Å². The molecule has 0 aliphatic carbocycles. The van der Waals surface area contributed by atoms with Crippen LogP contribution in [0.1, 0.15) is 36.0 Å². The highest BCUT2D eigenvalue weighted by molar-refractivity contribution is 7.91. The van der Waals surface area contributed by atoms with Gasteiger partial charge in [-0.05, 0) is 49.6 Å². The van der Waals surface area contributed by atoms with Gasteiger partial charge in [-0.3, -0.25) is 9.79 Å². The highest BCUT2D eigenvalue weighted by atomic mass is 35.5. The topological polar surface area (TPSA) is 90.9 Å². The number of rotatable bonds is 11. The number of hydrogen-bond acceptors (Lipinski definition) is 6. The maximum Gasteiger partial charge on any atom is 0.222 e. The Morgan fingerprint density at radius 2 is 1.88 bits per heavy atom. The summed E-state index contributed by atoms with van der Waals surface area (Å²) in [5.74, 6) is 0.755. The Labute approximate surface area is 211 Å². The summed E-state index contributed by atoms with van der Waals surface area (Å²) in [6.07, 6.45) is 1.76. The largest absolute Gasteiger partial charge is 0.368 e. The lowest BCUT2D eigenvalue weighted by molar-refractivity contribution is -0.130. The number of halogens is 2. The molecule has 1 aliphatic heterocycles. The van der Waals surface area contributed by atoms with Crippen molar-refractivity contribution < 1.29 is 13.2 Å². The Bertz CT molecular complexity index is 1150. The number of aliphatic imine (C=N–C) groups is 1. The first kappa shape index (κ1) is 26.5. The van der Waals surface area contributed by atoms with Gasteiger partial charge >= 0.3 is 0 Å². The molecule has 2 aromatic carbocycles. The van der Waals surface area contributed by atoms with Crippen molar-refractivity contribution in [2.75, 3.05) is 32.6 Å². The Balaban J connectivity index is 1.36. The number of sulfone groups is 1. The molecule has 0 fully saturated rings. The smallest absolute Gasteiger partial charge is 0.222 e. The van der Waals surface area contributed by atoms with E-state index in [9.17, 15) is 13.2 Å². The summed E-state index contributed by atoms with van der Waals surface area (Å²) in [7, 11) is -1.79. The lowest BCUT2D eigenvalue weighted by Crippen LogP contribution is -2.27. The van der Waals surface area contributed by atoms with E-state index in [1.165, 1.54) is 12.1 Å². The van der Waals surface area contributed by atoms with Crippen molar-refractivity contribution in [1.29, 1.82) is 0 Å². The van der Waals surface area contributed by atoms with E-state index in [-0.39, 0.29) is 21.7 Å². The molecule has 1 aliphatic rings. The minimum absolute atomic E-state index is 0.0574. The molecule has 0 radical (unpaired) electrons. The van der Waals surface area contributed by atoms with E-state index >= 15 is 0 Å². The second-order valence-electron chi connectivity index (χ2n) is 8.35. The summed E-state index contributed by atoms with van der Waals surface area (Å²) >= 11 is 12.1. The molecule has 0 bridgehead atoms. The second-order valence-corrected chi connectivity index (χ2v) is 11.1. The molecule has 0 unspecified atom stereocenters. The van der Waals surface area contributed by atoms with E-state index in [0.29, 0.717) is 42.9 Å². The van der Waals surface area contributed by atoms with Gasteiger partial charge in [-0.1, -0.05) is 47.5 Å². The van der Waals surface area contributed by atoms with Crippen LogP contribution >= 0.6 is 23.2 Å². The van der Waals surface area contributed by atoms with Gasteiger partial charge in [0.05, 0.1) is 16.5 Å². The second kappa shape index (κ2) is 12.0. The van der Waals surface area contributed by atoms with Crippen LogP contribution in [0, 0.1) is 6.92 Å². The number of hydrogen-bond donors (Lipinski definition) is 2. The van der Waals surface area contributed by atoms with Gasteiger partial charge in [0.15, 0.2) is 9.84 Å². The zero-order valence-corrected chi connectivity index (χ0v) is 21.7. The number of aryl methyl sites for hydroxylation is 1. The van der Waals surface area contributed by atoms with Gasteiger partial charge in [0.25, 0.3) is 0 Å². The van der Waals surface area contributed by atoms with Crippen LogP contribution in [0.4, 0.5) is 0 Å². The monoisotopic (exact) mass is 524 g/mol. The Morgan fingerprint density at radius 3 is 2.56 bits per heavy atom. The average molecular weight is 526 g/mol. The van der Waals surface area contributed by atoms with Crippen molar-refractivity contribution in [1.82, 2.24) is 15.5 Å². The number of amides is 1. The molecule has 2 aromatic rings. The van der Waals surface area contributed by atoms with Crippen LogP contribution < -0.4 is 10.6 Å². The lowest BCUT2D eigenvalue weighted by Gasteiger charge is -2.17.